The average Bonchev–Trinajstić information content (AvgIpc) is 2.53. The third-order valence-electron chi connectivity index (χ3n) is 1.53. The van der Waals surface area contributed by atoms with Crippen molar-refractivity contribution in [2.75, 3.05) is 13.2 Å². The third-order valence-corrected chi connectivity index (χ3v) is 1.53. The summed E-state index contributed by atoms with van der Waals surface area (Å²) in [7, 11) is 0. The zero-order valence-corrected chi connectivity index (χ0v) is 6.93. The first kappa shape index (κ1) is 9.73. The molecule has 1 rings (SSSR count). The van der Waals surface area contributed by atoms with Crippen LogP contribution < -0.4 is 0 Å². The number of carboxylic acid groups (broad SMARTS) is 1. The molecule has 0 aliphatic carbocycles. The largest absolute Gasteiger partial charge is 0.478 e. The molecule has 5 nitrogen and oxygen atoms in total. The van der Waals surface area contributed by atoms with Crippen molar-refractivity contribution in [3.63, 3.8) is 0 Å². The standard InChI is InChI=1S/C8H10O5/c9-7(10)1-2-8(11)13-6-3-4-12-5-6/h1-2,6H,3-5H2,(H,9,10)/b2-1-. The Morgan fingerprint density at radius 1 is 1.46 bits per heavy atom. The maximum absolute atomic E-state index is 10.9. The number of ether oxygens (including phenoxy) is 2. The van der Waals surface area contributed by atoms with Gasteiger partial charge in [0.25, 0.3) is 0 Å². The molecule has 0 amide bonds. The van der Waals surface area contributed by atoms with E-state index in [1.165, 1.54) is 0 Å². The third kappa shape index (κ3) is 3.71. The molecular formula is C8H10O5. The highest BCUT2D eigenvalue weighted by Crippen LogP contribution is 2.08. The van der Waals surface area contributed by atoms with Crippen LogP contribution in [0.1, 0.15) is 6.42 Å². The van der Waals surface area contributed by atoms with Crippen molar-refractivity contribution < 1.29 is 24.2 Å². The van der Waals surface area contributed by atoms with Crippen LogP contribution in [-0.4, -0.2) is 36.4 Å². The molecule has 0 aromatic heterocycles. The fourth-order valence-electron chi connectivity index (χ4n) is 0.949. The number of carbonyl (C=O) groups is 2. The maximum Gasteiger partial charge on any atom is 0.331 e. The summed E-state index contributed by atoms with van der Waals surface area (Å²) in [6, 6.07) is 0. The van der Waals surface area contributed by atoms with Gasteiger partial charge in [0.05, 0.1) is 13.2 Å². The minimum Gasteiger partial charge on any atom is -0.478 e. The number of carbonyl (C=O) groups excluding carboxylic acids is 1. The fourth-order valence-corrected chi connectivity index (χ4v) is 0.949. The number of aliphatic carboxylic acids is 1. The van der Waals surface area contributed by atoms with Crippen molar-refractivity contribution in [3.8, 4) is 0 Å². The van der Waals surface area contributed by atoms with Gasteiger partial charge in [0, 0.05) is 18.6 Å². The molecule has 1 saturated heterocycles. The highest BCUT2D eigenvalue weighted by Gasteiger charge is 2.18. The molecular weight excluding hydrogens is 176 g/mol. The Hall–Kier alpha value is -1.36. The molecule has 0 bridgehead atoms. The predicted octanol–water partition coefficient (Wildman–Crippen LogP) is -0.0407. The van der Waals surface area contributed by atoms with Gasteiger partial charge in [-0.05, 0) is 0 Å². The molecule has 1 aliphatic rings. The first-order chi connectivity index (χ1) is 6.18. The van der Waals surface area contributed by atoms with Crippen molar-refractivity contribution in [2.45, 2.75) is 12.5 Å². The molecule has 0 aromatic rings. The second kappa shape index (κ2) is 4.61. The SMILES string of the molecule is O=C(O)/C=C\C(=O)OC1CCOC1. The van der Waals surface area contributed by atoms with Gasteiger partial charge in [0.2, 0.25) is 0 Å². The van der Waals surface area contributed by atoms with E-state index in [0.29, 0.717) is 19.6 Å². The van der Waals surface area contributed by atoms with Crippen LogP contribution in [0.4, 0.5) is 0 Å². The summed E-state index contributed by atoms with van der Waals surface area (Å²) in [4.78, 5) is 20.9. The summed E-state index contributed by atoms with van der Waals surface area (Å²) in [6.07, 6.45) is 2.08. The van der Waals surface area contributed by atoms with Gasteiger partial charge in [-0.3, -0.25) is 0 Å². The second-order valence-electron chi connectivity index (χ2n) is 2.59. The fraction of sp³-hybridized carbons (Fsp3) is 0.500. The summed E-state index contributed by atoms with van der Waals surface area (Å²) in [5.74, 6) is -1.81. The Morgan fingerprint density at radius 3 is 2.77 bits per heavy atom. The smallest absolute Gasteiger partial charge is 0.331 e. The van der Waals surface area contributed by atoms with Crippen LogP contribution in [0.15, 0.2) is 12.2 Å². The minimum atomic E-state index is -1.17. The van der Waals surface area contributed by atoms with Crippen LogP contribution in [0, 0.1) is 0 Å². The molecule has 0 radical (unpaired) electrons. The van der Waals surface area contributed by atoms with Gasteiger partial charge in [0.1, 0.15) is 6.10 Å². The van der Waals surface area contributed by atoms with Crippen LogP contribution in [0.3, 0.4) is 0 Å². The molecule has 1 N–H and O–H groups in total. The van der Waals surface area contributed by atoms with Gasteiger partial charge in [-0.25, -0.2) is 9.59 Å². The van der Waals surface area contributed by atoms with Gasteiger partial charge >= 0.3 is 11.9 Å². The molecule has 13 heavy (non-hydrogen) atoms. The zero-order valence-electron chi connectivity index (χ0n) is 6.93. The Morgan fingerprint density at radius 2 is 2.23 bits per heavy atom. The number of carboxylic acids is 1. The Labute approximate surface area is 74.9 Å². The van der Waals surface area contributed by atoms with Gasteiger partial charge in [-0.1, -0.05) is 0 Å². The average molecular weight is 186 g/mol. The van der Waals surface area contributed by atoms with Gasteiger partial charge in [-0.15, -0.1) is 0 Å². The molecule has 1 unspecified atom stereocenters. The lowest BCUT2D eigenvalue weighted by Gasteiger charge is -2.06. The van der Waals surface area contributed by atoms with Crippen molar-refractivity contribution in [3.05, 3.63) is 12.2 Å². The predicted molar refractivity (Wildman–Crippen MR) is 42.1 cm³/mol. The molecule has 1 fully saturated rings. The van der Waals surface area contributed by atoms with Gasteiger partial charge in [0.15, 0.2) is 0 Å². The van der Waals surface area contributed by atoms with E-state index in [4.69, 9.17) is 14.6 Å². The summed E-state index contributed by atoms with van der Waals surface area (Å²) in [5.41, 5.74) is 0. The monoisotopic (exact) mass is 186 g/mol. The van der Waals surface area contributed by atoms with E-state index in [1.807, 2.05) is 0 Å². The lowest BCUT2D eigenvalue weighted by molar-refractivity contribution is -0.143. The highest BCUT2D eigenvalue weighted by molar-refractivity contribution is 5.90. The van der Waals surface area contributed by atoms with Gasteiger partial charge in [-0.2, -0.15) is 0 Å². The highest BCUT2D eigenvalue weighted by atomic mass is 16.6. The van der Waals surface area contributed by atoms with Gasteiger partial charge < -0.3 is 14.6 Å². The number of esters is 1. The van der Waals surface area contributed by atoms with E-state index >= 15 is 0 Å². The van der Waals surface area contributed by atoms with Crippen LogP contribution in [0.5, 0.6) is 0 Å². The van der Waals surface area contributed by atoms with E-state index in [2.05, 4.69) is 0 Å². The van der Waals surface area contributed by atoms with Crippen LogP contribution in [0.25, 0.3) is 0 Å². The summed E-state index contributed by atoms with van der Waals surface area (Å²) < 4.78 is 9.81. The molecule has 0 saturated carbocycles. The van der Waals surface area contributed by atoms with Crippen molar-refractivity contribution in [1.29, 1.82) is 0 Å². The van der Waals surface area contributed by atoms with Crippen LogP contribution in [0.2, 0.25) is 0 Å². The van der Waals surface area contributed by atoms with E-state index in [9.17, 15) is 9.59 Å². The second-order valence-corrected chi connectivity index (χ2v) is 2.59. The normalized spacial score (nSPS) is 22.0. The first-order valence-electron chi connectivity index (χ1n) is 3.88. The zero-order chi connectivity index (χ0) is 9.68. The molecule has 1 aliphatic heterocycles. The lowest BCUT2D eigenvalue weighted by Crippen LogP contribution is -2.16. The molecule has 0 spiro atoms. The minimum absolute atomic E-state index is 0.231. The molecule has 0 aromatic carbocycles. The van der Waals surface area contributed by atoms with E-state index in [-0.39, 0.29) is 6.10 Å². The van der Waals surface area contributed by atoms with Crippen LogP contribution >= 0.6 is 0 Å². The Bertz CT molecular complexity index is 227. The molecule has 1 heterocycles. The number of rotatable bonds is 3. The summed E-state index contributed by atoms with van der Waals surface area (Å²) in [6.45, 7) is 0.979. The van der Waals surface area contributed by atoms with Crippen molar-refractivity contribution in [2.24, 2.45) is 0 Å². The van der Waals surface area contributed by atoms with Crippen LogP contribution in [-0.2, 0) is 19.1 Å². The number of hydrogen-bond donors (Lipinski definition) is 1. The molecule has 72 valence electrons. The van der Waals surface area contributed by atoms with E-state index in [1.54, 1.807) is 0 Å². The quantitative estimate of drug-likeness (QED) is 0.494. The molecule has 5 heteroatoms. The Kier molecular flexibility index (Phi) is 3.45. The topological polar surface area (TPSA) is 72.8 Å². The van der Waals surface area contributed by atoms with E-state index < -0.39 is 11.9 Å². The van der Waals surface area contributed by atoms with Crippen molar-refractivity contribution in [1.82, 2.24) is 0 Å². The molecule has 1 atom stereocenters. The Balaban J connectivity index is 2.28. The first-order valence-corrected chi connectivity index (χ1v) is 3.88. The summed E-state index contributed by atoms with van der Waals surface area (Å²) >= 11 is 0. The number of hydrogen-bond acceptors (Lipinski definition) is 4. The lowest BCUT2D eigenvalue weighted by atomic mass is 10.3. The van der Waals surface area contributed by atoms with Crippen molar-refractivity contribution >= 4 is 11.9 Å². The maximum atomic E-state index is 10.9. The summed E-state index contributed by atoms with van der Waals surface area (Å²) in [5, 5.41) is 8.20. The van der Waals surface area contributed by atoms with E-state index in [0.717, 1.165) is 12.2 Å².